The minimum atomic E-state index is -2.99. The predicted octanol–water partition coefficient (Wildman–Crippen LogP) is 4.20. The first kappa shape index (κ1) is 13.4. The molecule has 1 rings (SSSR count). The fourth-order valence-corrected chi connectivity index (χ4v) is 1.89. The Kier molecular flexibility index (Phi) is 4.28. The van der Waals surface area contributed by atoms with Gasteiger partial charge in [0.05, 0.1) is 0 Å². The lowest BCUT2D eigenvalue weighted by atomic mass is 9.99. The number of rotatable bonds is 4. The predicted molar refractivity (Wildman–Crippen MR) is 61.3 cm³/mol. The fraction of sp³-hybridized carbons (Fsp3) is 0.500. The second kappa shape index (κ2) is 5.11. The number of halogens is 3. The van der Waals surface area contributed by atoms with E-state index in [0.29, 0.717) is 5.02 Å². The molecule has 1 aromatic rings. The van der Waals surface area contributed by atoms with Crippen molar-refractivity contribution in [2.24, 2.45) is 0 Å². The lowest BCUT2D eigenvalue weighted by Crippen LogP contribution is -2.20. The quantitative estimate of drug-likeness (QED) is 0.776. The van der Waals surface area contributed by atoms with E-state index in [1.165, 1.54) is 19.2 Å². The molecule has 0 atom stereocenters. The maximum absolute atomic E-state index is 13.5. The molecule has 0 aliphatic carbocycles. The van der Waals surface area contributed by atoms with Gasteiger partial charge in [-0.15, -0.1) is 0 Å². The first-order valence-corrected chi connectivity index (χ1v) is 5.43. The van der Waals surface area contributed by atoms with Crippen molar-refractivity contribution in [3.63, 3.8) is 0 Å². The maximum Gasteiger partial charge on any atom is 0.296 e. The van der Waals surface area contributed by atoms with Crippen LogP contribution in [-0.2, 0) is 10.7 Å². The average molecular weight is 249 g/mol. The van der Waals surface area contributed by atoms with Crippen molar-refractivity contribution >= 4 is 11.6 Å². The molecule has 16 heavy (non-hydrogen) atoms. The van der Waals surface area contributed by atoms with E-state index < -0.39 is 12.5 Å². The van der Waals surface area contributed by atoms with Crippen LogP contribution in [0.25, 0.3) is 0 Å². The van der Waals surface area contributed by atoms with Gasteiger partial charge in [0.25, 0.3) is 5.92 Å². The lowest BCUT2D eigenvalue weighted by Gasteiger charge is -2.17. The summed E-state index contributed by atoms with van der Waals surface area (Å²) >= 11 is 5.96. The molecule has 0 aliphatic rings. The highest BCUT2D eigenvalue weighted by Gasteiger charge is 2.32. The summed E-state index contributed by atoms with van der Waals surface area (Å²) in [4.78, 5) is 0. The van der Waals surface area contributed by atoms with Crippen LogP contribution in [0.4, 0.5) is 8.78 Å². The summed E-state index contributed by atoms with van der Waals surface area (Å²) in [5.41, 5.74) is 0.766. The highest BCUT2D eigenvalue weighted by atomic mass is 35.5. The second-order valence-corrected chi connectivity index (χ2v) is 4.44. The molecule has 4 heteroatoms. The van der Waals surface area contributed by atoms with Crippen LogP contribution in [0.15, 0.2) is 18.2 Å². The number of benzene rings is 1. The molecule has 0 spiro atoms. The fourth-order valence-electron chi connectivity index (χ4n) is 1.49. The molecule has 0 heterocycles. The summed E-state index contributed by atoms with van der Waals surface area (Å²) in [6.45, 7) is 3.30. The zero-order valence-electron chi connectivity index (χ0n) is 9.56. The smallest absolute Gasteiger partial charge is 0.296 e. The van der Waals surface area contributed by atoms with E-state index >= 15 is 0 Å². The SMILES string of the molecule is COCC(F)(F)c1ccc(C(C)C)c(Cl)c1. The Hall–Kier alpha value is -0.670. The Morgan fingerprint density at radius 2 is 2.00 bits per heavy atom. The van der Waals surface area contributed by atoms with E-state index in [4.69, 9.17) is 11.6 Å². The molecule has 0 N–H and O–H groups in total. The molecular weight excluding hydrogens is 234 g/mol. The Morgan fingerprint density at radius 3 is 2.44 bits per heavy atom. The zero-order valence-corrected chi connectivity index (χ0v) is 10.3. The maximum atomic E-state index is 13.5. The molecular formula is C12H15ClF2O. The number of alkyl halides is 2. The topological polar surface area (TPSA) is 9.23 Å². The first-order valence-electron chi connectivity index (χ1n) is 5.05. The van der Waals surface area contributed by atoms with Crippen molar-refractivity contribution in [2.75, 3.05) is 13.7 Å². The minimum Gasteiger partial charge on any atom is -0.378 e. The van der Waals surface area contributed by atoms with Gasteiger partial charge in [0.2, 0.25) is 0 Å². The molecule has 0 radical (unpaired) electrons. The average Bonchev–Trinajstić information content (AvgIpc) is 2.16. The first-order chi connectivity index (χ1) is 7.38. The van der Waals surface area contributed by atoms with Gasteiger partial charge in [-0.3, -0.25) is 0 Å². The highest BCUT2D eigenvalue weighted by Crippen LogP contribution is 2.33. The van der Waals surface area contributed by atoms with Gasteiger partial charge in [-0.1, -0.05) is 37.6 Å². The molecule has 0 bridgehead atoms. The molecule has 0 aromatic heterocycles. The molecule has 0 unspecified atom stereocenters. The van der Waals surface area contributed by atoms with Crippen molar-refractivity contribution in [2.45, 2.75) is 25.7 Å². The Morgan fingerprint density at radius 1 is 1.38 bits per heavy atom. The highest BCUT2D eigenvalue weighted by molar-refractivity contribution is 6.31. The van der Waals surface area contributed by atoms with Crippen LogP contribution in [0.1, 0.15) is 30.9 Å². The normalized spacial score (nSPS) is 12.2. The van der Waals surface area contributed by atoms with Crippen LogP contribution in [0, 0.1) is 0 Å². The second-order valence-electron chi connectivity index (χ2n) is 4.03. The van der Waals surface area contributed by atoms with E-state index in [1.807, 2.05) is 13.8 Å². The molecule has 90 valence electrons. The third-order valence-corrected chi connectivity index (χ3v) is 2.70. The van der Waals surface area contributed by atoms with Gasteiger partial charge >= 0.3 is 0 Å². The largest absolute Gasteiger partial charge is 0.378 e. The van der Waals surface area contributed by atoms with E-state index in [-0.39, 0.29) is 11.5 Å². The summed E-state index contributed by atoms with van der Waals surface area (Å²) in [7, 11) is 1.25. The monoisotopic (exact) mass is 248 g/mol. The van der Waals surface area contributed by atoms with Gasteiger partial charge in [0, 0.05) is 17.7 Å². The lowest BCUT2D eigenvalue weighted by molar-refractivity contribution is -0.0698. The van der Waals surface area contributed by atoms with E-state index in [0.717, 1.165) is 5.56 Å². The summed E-state index contributed by atoms with van der Waals surface area (Å²) < 4.78 is 31.5. The van der Waals surface area contributed by atoms with Crippen molar-refractivity contribution < 1.29 is 13.5 Å². The van der Waals surface area contributed by atoms with E-state index in [9.17, 15) is 8.78 Å². The third-order valence-electron chi connectivity index (χ3n) is 2.37. The molecule has 0 aliphatic heterocycles. The van der Waals surface area contributed by atoms with Crippen molar-refractivity contribution in [3.8, 4) is 0 Å². The van der Waals surface area contributed by atoms with Crippen molar-refractivity contribution in [1.82, 2.24) is 0 Å². The van der Waals surface area contributed by atoms with Crippen LogP contribution in [-0.4, -0.2) is 13.7 Å². The summed E-state index contributed by atoms with van der Waals surface area (Å²) in [6.07, 6.45) is 0. The van der Waals surface area contributed by atoms with Gasteiger partial charge in [0.15, 0.2) is 0 Å². The number of hydrogen-bond acceptors (Lipinski definition) is 1. The van der Waals surface area contributed by atoms with Gasteiger partial charge in [0.1, 0.15) is 6.61 Å². The zero-order chi connectivity index (χ0) is 12.3. The van der Waals surface area contributed by atoms with E-state index in [2.05, 4.69) is 4.74 Å². The molecule has 1 nitrogen and oxygen atoms in total. The van der Waals surface area contributed by atoms with Crippen LogP contribution < -0.4 is 0 Å². The van der Waals surface area contributed by atoms with Gasteiger partial charge in [-0.05, 0) is 17.5 Å². The van der Waals surface area contributed by atoms with Gasteiger partial charge in [-0.25, -0.2) is 0 Å². The Labute approximate surface area is 99.4 Å². The Bertz CT molecular complexity index is 364. The third kappa shape index (κ3) is 2.92. The minimum absolute atomic E-state index is 0.108. The number of hydrogen-bond donors (Lipinski definition) is 0. The van der Waals surface area contributed by atoms with Crippen molar-refractivity contribution in [1.29, 1.82) is 0 Å². The summed E-state index contributed by atoms with van der Waals surface area (Å²) in [5, 5.41) is 0.378. The standard InChI is InChI=1S/C12H15ClF2O/c1-8(2)10-5-4-9(6-11(10)13)12(14,15)7-16-3/h4-6,8H,7H2,1-3H3. The van der Waals surface area contributed by atoms with Crippen molar-refractivity contribution in [3.05, 3.63) is 34.3 Å². The number of methoxy groups -OCH3 is 1. The molecule has 1 aromatic carbocycles. The van der Waals surface area contributed by atoms with Gasteiger partial charge in [-0.2, -0.15) is 8.78 Å². The van der Waals surface area contributed by atoms with Crippen LogP contribution in [0.2, 0.25) is 5.02 Å². The van der Waals surface area contributed by atoms with E-state index in [1.54, 1.807) is 6.07 Å². The molecule has 0 saturated carbocycles. The summed E-state index contributed by atoms with van der Waals surface area (Å²) in [6, 6.07) is 4.36. The van der Waals surface area contributed by atoms with Crippen LogP contribution in [0.5, 0.6) is 0 Å². The summed E-state index contributed by atoms with van der Waals surface area (Å²) in [5.74, 6) is -2.77. The van der Waals surface area contributed by atoms with Crippen LogP contribution in [0.3, 0.4) is 0 Å². The van der Waals surface area contributed by atoms with Crippen LogP contribution >= 0.6 is 11.6 Å². The molecule has 0 saturated heterocycles. The molecule has 0 amide bonds. The Balaban J connectivity index is 3.05. The molecule has 0 fully saturated rings. The number of ether oxygens (including phenoxy) is 1. The van der Waals surface area contributed by atoms with Gasteiger partial charge < -0.3 is 4.74 Å².